The summed E-state index contributed by atoms with van der Waals surface area (Å²) in [7, 11) is 1.76. The van der Waals surface area contributed by atoms with Crippen molar-refractivity contribution in [3.8, 4) is 0 Å². The molecule has 146 valence electrons. The summed E-state index contributed by atoms with van der Waals surface area (Å²) in [6.07, 6.45) is 16.1. The van der Waals surface area contributed by atoms with Crippen LogP contribution >= 0.6 is 0 Å². The van der Waals surface area contributed by atoms with Crippen molar-refractivity contribution >= 4 is 0 Å². The lowest BCUT2D eigenvalue weighted by atomic mass is 9.78. The topological polar surface area (TPSA) is 9.23 Å². The van der Waals surface area contributed by atoms with E-state index in [0.717, 1.165) is 36.5 Å². The van der Waals surface area contributed by atoms with Crippen molar-refractivity contribution in [3.63, 3.8) is 0 Å². The van der Waals surface area contributed by atoms with E-state index < -0.39 is 0 Å². The van der Waals surface area contributed by atoms with Gasteiger partial charge in [-0.15, -0.1) is 0 Å². The van der Waals surface area contributed by atoms with Gasteiger partial charge in [0, 0.05) is 7.11 Å². The zero-order valence-electron chi connectivity index (χ0n) is 18.1. The maximum atomic E-state index is 5.05. The highest BCUT2D eigenvalue weighted by atomic mass is 16.5. The Bertz CT molecular complexity index is 237. The van der Waals surface area contributed by atoms with E-state index in [1.165, 1.54) is 57.8 Å². The predicted octanol–water partition coefficient (Wildman–Crippen LogP) is 7.88. The molecule has 0 spiro atoms. The smallest absolute Gasteiger partial charge is 0.0566 e. The molecule has 1 heteroatoms. The molecular weight excluding hydrogens is 292 g/mol. The second-order valence-electron chi connectivity index (χ2n) is 8.68. The van der Waals surface area contributed by atoms with Gasteiger partial charge in [-0.25, -0.2) is 0 Å². The van der Waals surface area contributed by atoms with E-state index in [2.05, 4.69) is 41.5 Å². The molecule has 0 bridgehead atoms. The van der Waals surface area contributed by atoms with E-state index in [0.29, 0.717) is 6.10 Å². The maximum Gasteiger partial charge on any atom is 0.0566 e. The van der Waals surface area contributed by atoms with Gasteiger partial charge in [0.1, 0.15) is 0 Å². The molecule has 0 N–H and O–H groups in total. The number of hydrogen-bond donors (Lipinski definition) is 0. The van der Waals surface area contributed by atoms with E-state index in [1.807, 2.05) is 0 Å². The molecule has 0 radical (unpaired) electrons. The molecule has 2 fully saturated rings. The lowest BCUT2D eigenvalue weighted by Crippen LogP contribution is -2.16. The fourth-order valence-electron chi connectivity index (χ4n) is 3.88. The molecule has 0 aromatic rings. The van der Waals surface area contributed by atoms with E-state index in [4.69, 9.17) is 4.74 Å². The van der Waals surface area contributed by atoms with Crippen LogP contribution in [0.15, 0.2) is 0 Å². The zero-order valence-corrected chi connectivity index (χ0v) is 18.1. The summed E-state index contributed by atoms with van der Waals surface area (Å²) in [6, 6.07) is 0. The SMILES string of the molecule is CC1CCC(C(C)C)CC1.CC1CCCCC1.CCC(CC)OC. The van der Waals surface area contributed by atoms with Gasteiger partial charge < -0.3 is 4.74 Å². The number of methoxy groups -OCH3 is 1. The van der Waals surface area contributed by atoms with Crippen LogP contribution in [0.3, 0.4) is 0 Å². The Kier molecular flexibility index (Phi) is 15.2. The number of hydrogen-bond acceptors (Lipinski definition) is 1. The molecule has 0 unspecified atom stereocenters. The van der Waals surface area contributed by atoms with E-state index in [1.54, 1.807) is 7.11 Å². The molecule has 0 amide bonds. The minimum Gasteiger partial charge on any atom is -0.381 e. The van der Waals surface area contributed by atoms with Crippen LogP contribution < -0.4 is 0 Å². The summed E-state index contributed by atoms with van der Waals surface area (Å²) >= 11 is 0. The van der Waals surface area contributed by atoms with Gasteiger partial charge in [-0.3, -0.25) is 0 Å². The van der Waals surface area contributed by atoms with Gasteiger partial charge in [0.15, 0.2) is 0 Å². The van der Waals surface area contributed by atoms with E-state index in [9.17, 15) is 0 Å². The summed E-state index contributed by atoms with van der Waals surface area (Å²) in [5, 5.41) is 0. The molecule has 2 aliphatic rings. The average Bonchev–Trinajstić information content (AvgIpc) is 2.59. The van der Waals surface area contributed by atoms with Crippen LogP contribution in [-0.4, -0.2) is 13.2 Å². The summed E-state index contributed by atoms with van der Waals surface area (Å²) in [6.45, 7) is 13.7. The van der Waals surface area contributed by atoms with Crippen LogP contribution in [0, 0.1) is 23.7 Å². The van der Waals surface area contributed by atoms with E-state index in [-0.39, 0.29) is 0 Å². The minimum absolute atomic E-state index is 0.486. The Morgan fingerprint density at radius 3 is 1.46 bits per heavy atom. The van der Waals surface area contributed by atoms with Gasteiger partial charge >= 0.3 is 0 Å². The third-order valence-electron chi connectivity index (χ3n) is 6.14. The number of ether oxygens (including phenoxy) is 1. The van der Waals surface area contributed by atoms with Crippen molar-refractivity contribution < 1.29 is 4.74 Å². The van der Waals surface area contributed by atoms with Crippen LogP contribution in [0.25, 0.3) is 0 Å². The van der Waals surface area contributed by atoms with Gasteiger partial charge in [-0.1, -0.05) is 86.5 Å². The van der Waals surface area contributed by atoms with E-state index >= 15 is 0 Å². The molecule has 1 nitrogen and oxygen atoms in total. The van der Waals surface area contributed by atoms with Crippen molar-refractivity contribution in [2.24, 2.45) is 23.7 Å². The Morgan fingerprint density at radius 1 is 0.750 bits per heavy atom. The molecule has 2 aliphatic carbocycles. The third-order valence-corrected chi connectivity index (χ3v) is 6.14. The fraction of sp³-hybridized carbons (Fsp3) is 1.00. The first kappa shape index (κ1) is 24.0. The maximum absolute atomic E-state index is 5.05. The Morgan fingerprint density at radius 2 is 1.21 bits per heavy atom. The normalized spacial score (nSPS) is 24.9. The van der Waals surface area contributed by atoms with Crippen LogP contribution in [0.4, 0.5) is 0 Å². The summed E-state index contributed by atoms with van der Waals surface area (Å²) in [5.74, 6) is 4.01. The fourth-order valence-corrected chi connectivity index (χ4v) is 3.88. The van der Waals surface area contributed by atoms with Crippen LogP contribution in [0.2, 0.25) is 0 Å². The Labute approximate surface area is 154 Å². The summed E-state index contributed by atoms with van der Waals surface area (Å²) in [4.78, 5) is 0. The van der Waals surface area contributed by atoms with Gasteiger partial charge in [0.25, 0.3) is 0 Å². The average molecular weight is 341 g/mol. The monoisotopic (exact) mass is 340 g/mol. The van der Waals surface area contributed by atoms with Crippen molar-refractivity contribution in [1.29, 1.82) is 0 Å². The molecule has 0 aliphatic heterocycles. The zero-order chi connectivity index (χ0) is 18.4. The van der Waals surface area contributed by atoms with Gasteiger partial charge in [-0.2, -0.15) is 0 Å². The molecule has 0 atom stereocenters. The van der Waals surface area contributed by atoms with Crippen molar-refractivity contribution in [2.45, 2.75) is 118 Å². The minimum atomic E-state index is 0.486. The molecule has 2 saturated carbocycles. The Balaban J connectivity index is 0.000000340. The second kappa shape index (κ2) is 15.2. The first-order valence-electron chi connectivity index (χ1n) is 11.0. The Hall–Kier alpha value is -0.0400. The second-order valence-corrected chi connectivity index (χ2v) is 8.68. The lowest BCUT2D eigenvalue weighted by molar-refractivity contribution is 0.0964. The van der Waals surface area contributed by atoms with Crippen molar-refractivity contribution in [3.05, 3.63) is 0 Å². The quantitative estimate of drug-likeness (QED) is 0.505. The standard InChI is InChI=1S/C10H20.C7H14.C6H14O/c1-8(2)10-6-4-9(3)5-7-10;1-7-5-3-2-4-6-7;1-4-6(5-2)7-3/h8-10H,4-7H2,1-3H3;7H,2-6H2,1H3;6H,4-5H2,1-3H3. The molecule has 0 heterocycles. The highest BCUT2D eigenvalue weighted by molar-refractivity contribution is 4.71. The van der Waals surface area contributed by atoms with Crippen molar-refractivity contribution in [2.75, 3.05) is 7.11 Å². The molecular formula is C23H48O. The van der Waals surface area contributed by atoms with Crippen LogP contribution in [0.5, 0.6) is 0 Å². The molecule has 0 saturated heterocycles. The molecule has 0 aromatic heterocycles. The number of rotatable bonds is 4. The van der Waals surface area contributed by atoms with Gasteiger partial charge in [0.05, 0.1) is 6.10 Å². The molecule has 24 heavy (non-hydrogen) atoms. The molecule has 2 rings (SSSR count). The lowest BCUT2D eigenvalue weighted by Gasteiger charge is -2.28. The first-order chi connectivity index (χ1) is 11.4. The predicted molar refractivity (Wildman–Crippen MR) is 110 cm³/mol. The van der Waals surface area contributed by atoms with Crippen LogP contribution in [-0.2, 0) is 4.74 Å². The highest BCUT2D eigenvalue weighted by Crippen LogP contribution is 2.32. The largest absolute Gasteiger partial charge is 0.381 e. The molecule has 0 aromatic carbocycles. The van der Waals surface area contributed by atoms with Crippen molar-refractivity contribution in [1.82, 2.24) is 0 Å². The van der Waals surface area contributed by atoms with Crippen LogP contribution in [0.1, 0.15) is 112 Å². The third kappa shape index (κ3) is 12.3. The highest BCUT2D eigenvalue weighted by Gasteiger charge is 2.20. The summed E-state index contributed by atoms with van der Waals surface area (Å²) in [5.41, 5.74) is 0. The summed E-state index contributed by atoms with van der Waals surface area (Å²) < 4.78 is 5.05. The van der Waals surface area contributed by atoms with Gasteiger partial charge in [0.2, 0.25) is 0 Å². The first-order valence-corrected chi connectivity index (χ1v) is 11.0. The van der Waals surface area contributed by atoms with Gasteiger partial charge in [-0.05, 0) is 49.4 Å².